The number of methoxy groups -OCH3 is 2. The van der Waals surface area contributed by atoms with E-state index >= 15 is 0 Å². The number of rotatable bonds is 10. The van der Waals surface area contributed by atoms with E-state index < -0.39 is 0 Å². The molecular weight excluding hydrogens is 522 g/mol. The van der Waals surface area contributed by atoms with Crippen LogP contribution in [-0.2, 0) is 4.74 Å². The van der Waals surface area contributed by atoms with Gasteiger partial charge in [0.05, 0.1) is 38.7 Å². The number of allylic oxidation sites excluding steroid dienone is 1. The van der Waals surface area contributed by atoms with Crippen LogP contribution in [0.25, 0.3) is 17.3 Å². The lowest BCUT2D eigenvalue weighted by molar-refractivity contribution is 0.0919. The first-order valence-corrected chi connectivity index (χ1v) is 13.0. The van der Waals surface area contributed by atoms with Crippen molar-refractivity contribution in [3.8, 4) is 29.0 Å². The molecule has 0 saturated carbocycles. The van der Waals surface area contributed by atoms with E-state index in [1.54, 1.807) is 55.7 Å². The number of nitrogens with zero attached hydrogens (tertiary/aromatic N) is 5. The van der Waals surface area contributed by atoms with Crippen molar-refractivity contribution < 1.29 is 23.7 Å². The van der Waals surface area contributed by atoms with Crippen LogP contribution >= 0.6 is 0 Å². The molecular formula is C31H29N5O5. The fourth-order valence-corrected chi connectivity index (χ4v) is 4.44. The average molecular weight is 552 g/mol. The van der Waals surface area contributed by atoms with Crippen LogP contribution in [0.2, 0.25) is 0 Å². The van der Waals surface area contributed by atoms with Crippen molar-refractivity contribution >= 4 is 23.4 Å². The highest BCUT2D eigenvalue weighted by Crippen LogP contribution is 2.31. The maximum Gasteiger partial charge on any atom is 0.232 e. The second kappa shape index (κ2) is 12.8. The molecule has 5 rings (SSSR count). The van der Waals surface area contributed by atoms with E-state index in [4.69, 9.17) is 18.9 Å². The topological polar surface area (TPSA) is 112 Å². The number of Topliss-reactive ketones (excluding diaryl/α,β-unsaturated/α-hetero) is 1. The number of para-hydroxylation sites is 1. The summed E-state index contributed by atoms with van der Waals surface area (Å²) >= 11 is 0. The zero-order chi connectivity index (χ0) is 28.6. The van der Waals surface area contributed by atoms with E-state index in [1.165, 1.54) is 7.11 Å². The molecule has 0 atom stereocenters. The highest BCUT2D eigenvalue weighted by Gasteiger charge is 2.23. The molecule has 3 aromatic carbocycles. The Hall–Kier alpha value is -5.14. The normalized spacial score (nSPS) is 13.4. The number of anilines is 1. The summed E-state index contributed by atoms with van der Waals surface area (Å²) in [6.07, 6.45) is 1.72. The predicted octanol–water partition coefficient (Wildman–Crippen LogP) is 4.45. The van der Waals surface area contributed by atoms with E-state index in [0.717, 1.165) is 5.69 Å². The Morgan fingerprint density at radius 2 is 1.73 bits per heavy atom. The number of hydrogen-bond acceptors (Lipinski definition) is 9. The molecule has 0 radical (unpaired) electrons. The van der Waals surface area contributed by atoms with Crippen LogP contribution < -0.4 is 19.1 Å². The number of ketones is 1. The molecule has 41 heavy (non-hydrogen) atoms. The third-order valence-corrected chi connectivity index (χ3v) is 6.59. The molecule has 0 N–H and O–H groups in total. The van der Waals surface area contributed by atoms with Crippen molar-refractivity contribution in [1.29, 1.82) is 5.26 Å². The summed E-state index contributed by atoms with van der Waals surface area (Å²) in [5, 5.41) is 19.0. The fourth-order valence-electron chi connectivity index (χ4n) is 4.44. The molecule has 10 heteroatoms. The molecule has 1 aliphatic heterocycles. The number of aromatic nitrogens is 3. The van der Waals surface area contributed by atoms with E-state index in [9.17, 15) is 10.1 Å². The zero-order valence-electron chi connectivity index (χ0n) is 22.8. The molecule has 1 aliphatic rings. The van der Waals surface area contributed by atoms with Crippen molar-refractivity contribution in [3.63, 3.8) is 0 Å². The van der Waals surface area contributed by atoms with Crippen LogP contribution in [0.3, 0.4) is 0 Å². The molecule has 2 heterocycles. The Labute approximate surface area is 238 Å². The summed E-state index contributed by atoms with van der Waals surface area (Å²) in [5.41, 5.74) is 2.38. The van der Waals surface area contributed by atoms with E-state index in [2.05, 4.69) is 21.2 Å². The Morgan fingerprint density at radius 1 is 0.976 bits per heavy atom. The van der Waals surface area contributed by atoms with Gasteiger partial charge < -0.3 is 23.8 Å². The third kappa shape index (κ3) is 6.21. The SMILES string of the molecule is COc1ccc(C(=O)COc2ccc(C=C(C#N)c3nnc(N4CCOCC4)n3-c3ccccc3)cc2OC)cc1. The van der Waals surface area contributed by atoms with Gasteiger partial charge in [0.1, 0.15) is 11.8 Å². The van der Waals surface area contributed by atoms with Crippen LogP contribution in [0.5, 0.6) is 17.2 Å². The molecule has 1 saturated heterocycles. The molecule has 0 aliphatic carbocycles. The lowest BCUT2D eigenvalue weighted by atomic mass is 10.1. The van der Waals surface area contributed by atoms with Crippen molar-refractivity contribution in [2.75, 3.05) is 52.0 Å². The Bertz CT molecular complexity index is 1570. The van der Waals surface area contributed by atoms with Gasteiger partial charge in [0.25, 0.3) is 0 Å². The van der Waals surface area contributed by atoms with Gasteiger partial charge in [-0.15, -0.1) is 10.2 Å². The molecule has 208 valence electrons. The third-order valence-electron chi connectivity index (χ3n) is 6.59. The van der Waals surface area contributed by atoms with Crippen molar-refractivity contribution in [3.05, 3.63) is 89.7 Å². The van der Waals surface area contributed by atoms with Crippen LogP contribution in [0.4, 0.5) is 5.95 Å². The van der Waals surface area contributed by atoms with Gasteiger partial charge in [-0.3, -0.25) is 9.36 Å². The number of hydrogen-bond donors (Lipinski definition) is 0. The molecule has 4 aromatic rings. The number of nitriles is 1. The first kappa shape index (κ1) is 27.4. The maximum absolute atomic E-state index is 12.6. The summed E-state index contributed by atoms with van der Waals surface area (Å²) < 4.78 is 23.9. The summed E-state index contributed by atoms with van der Waals surface area (Å²) in [4.78, 5) is 14.7. The molecule has 0 unspecified atom stereocenters. The van der Waals surface area contributed by atoms with Crippen molar-refractivity contribution in [2.24, 2.45) is 0 Å². The quantitative estimate of drug-likeness (QED) is 0.208. The van der Waals surface area contributed by atoms with Gasteiger partial charge in [-0.25, -0.2) is 0 Å². The molecule has 0 amide bonds. The van der Waals surface area contributed by atoms with Crippen molar-refractivity contribution in [2.45, 2.75) is 0 Å². The number of morpholine rings is 1. The largest absolute Gasteiger partial charge is 0.497 e. The second-order valence-electron chi connectivity index (χ2n) is 9.11. The molecule has 10 nitrogen and oxygen atoms in total. The first-order valence-electron chi connectivity index (χ1n) is 13.0. The minimum absolute atomic E-state index is 0.161. The molecule has 1 fully saturated rings. The Morgan fingerprint density at radius 3 is 2.41 bits per heavy atom. The second-order valence-corrected chi connectivity index (χ2v) is 9.11. The number of carbonyl (C=O) groups excluding carboxylic acids is 1. The summed E-state index contributed by atoms with van der Waals surface area (Å²) in [7, 11) is 3.09. The maximum atomic E-state index is 12.6. The van der Waals surface area contributed by atoms with Gasteiger partial charge in [0, 0.05) is 18.7 Å². The van der Waals surface area contributed by atoms with Gasteiger partial charge in [0.2, 0.25) is 5.95 Å². The lowest BCUT2D eigenvalue weighted by Crippen LogP contribution is -2.38. The minimum Gasteiger partial charge on any atom is -0.497 e. The predicted molar refractivity (Wildman–Crippen MR) is 154 cm³/mol. The minimum atomic E-state index is -0.179. The molecule has 0 spiro atoms. The van der Waals surface area contributed by atoms with Gasteiger partial charge in [0.15, 0.2) is 29.7 Å². The van der Waals surface area contributed by atoms with Crippen LogP contribution in [-0.4, -0.2) is 67.7 Å². The summed E-state index contributed by atoms with van der Waals surface area (Å²) in [6, 6.07) is 24.1. The average Bonchev–Trinajstić information content (AvgIpc) is 3.48. The van der Waals surface area contributed by atoms with Crippen LogP contribution in [0.1, 0.15) is 21.7 Å². The van der Waals surface area contributed by atoms with Gasteiger partial charge in [-0.05, 0) is 60.2 Å². The van der Waals surface area contributed by atoms with Crippen LogP contribution in [0.15, 0.2) is 72.8 Å². The Balaban J connectivity index is 1.41. The summed E-state index contributed by atoms with van der Waals surface area (Å²) in [6.45, 7) is 2.38. The monoisotopic (exact) mass is 551 g/mol. The van der Waals surface area contributed by atoms with Gasteiger partial charge >= 0.3 is 0 Å². The molecule has 0 bridgehead atoms. The first-order chi connectivity index (χ1) is 20.1. The highest BCUT2D eigenvalue weighted by atomic mass is 16.5. The standard InChI is InChI=1S/C31H29N5O5/c1-38-26-11-9-23(10-12-26)27(37)21-41-28-13-8-22(19-29(28)39-2)18-24(20-32)30-33-34-31(35-14-16-40-17-15-35)36(30)25-6-4-3-5-7-25/h3-13,18-19H,14-17,21H2,1-2H3. The number of ether oxygens (including phenoxy) is 4. The number of carbonyl (C=O) groups is 1. The van der Waals surface area contributed by atoms with Crippen molar-refractivity contribution in [1.82, 2.24) is 14.8 Å². The lowest BCUT2D eigenvalue weighted by Gasteiger charge is -2.28. The summed E-state index contributed by atoms with van der Waals surface area (Å²) in [5.74, 6) is 2.40. The fraction of sp³-hybridized carbons (Fsp3) is 0.226. The van der Waals surface area contributed by atoms with E-state index in [0.29, 0.717) is 72.0 Å². The Kier molecular flexibility index (Phi) is 8.57. The smallest absolute Gasteiger partial charge is 0.232 e. The van der Waals surface area contributed by atoms with E-state index in [1.807, 2.05) is 34.9 Å². The van der Waals surface area contributed by atoms with E-state index in [-0.39, 0.29) is 12.4 Å². The van der Waals surface area contributed by atoms with Gasteiger partial charge in [-0.2, -0.15) is 5.26 Å². The zero-order valence-corrected chi connectivity index (χ0v) is 22.8. The molecule has 1 aromatic heterocycles. The highest BCUT2D eigenvalue weighted by molar-refractivity contribution is 5.97. The van der Waals surface area contributed by atoms with Gasteiger partial charge in [-0.1, -0.05) is 24.3 Å². The number of benzene rings is 3. The van der Waals surface area contributed by atoms with Crippen LogP contribution in [0, 0.1) is 11.3 Å².